The molecule has 5 atom stereocenters. The number of nitrogens with two attached hydrogens (primary N) is 1. The number of hydrogen-bond donors (Lipinski definition) is 6. The normalized spacial score (nSPS) is 45.1. The fourth-order valence-electron chi connectivity index (χ4n) is 2.07. The van der Waals surface area contributed by atoms with Crippen LogP contribution in [-0.4, -0.2) is 77.9 Å². The van der Waals surface area contributed by atoms with Crippen molar-refractivity contribution in [1.29, 1.82) is 0 Å². The topological polar surface area (TPSA) is 198 Å². The molecular weight excluding hydrogens is 316 g/mol. The van der Waals surface area contributed by atoms with Crippen LogP contribution in [0, 0.1) is 0 Å². The fraction of sp³-hybridized carbons (Fsp3) is 0.875. The number of hydrogen-bond acceptors (Lipinski definition) is 11. The van der Waals surface area contributed by atoms with Gasteiger partial charge in [-0.1, -0.05) is 0 Å². The Bertz CT molecular complexity index is 539. The van der Waals surface area contributed by atoms with E-state index in [0.29, 0.717) is 0 Å². The molecule has 0 aromatic carbocycles. The second-order valence-corrected chi connectivity index (χ2v) is 5.57. The summed E-state index contributed by atoms with van der Waals surface area (Å²) in [4.78, 5) is 11.4. The molecule has 122 valence electrons. The van der Waals surface area contributed by atoms with E-state index in [4.69, 9.17) is 15.6 Å². The molecule has 2 aliphatic rings. The van der Waals surface area contributed by atoms with Gasteiger partial charge in [-0.25, -0.2) is 4.18 Å². The van der Waals surface area contributed by atoms with Crippen molar-refractivity contribution in [3.63, 3.8) is 0 Å². The van der Waals surface area contributed by atoms with Crippen LogP contribution in [0.1, 0.15) is 0 Å². The van der Waals surface area contributed by atoms with Gasteiger partial charge < -0.3 is 36.2 Å². The molecule has 13 heteroatoms. The molecule has 0 aliphatic carbocycles. The maximum Gasteiger partial charge on any atom is 0.407 e. The number of rotatable bonds is 3. The summed E-state index contributed by atoms with van der Waals surface area (Å²) in [5.74, 6) is -4.23. The summed E-state index contributed by atoms with van der Waals surface area (Å²) in [5.41, 5.74) is 2.18. The summed E-state index contributed by atoms with van der Waals surface area (Å²) in [5, 5.41) is 40.7. The number of carbonyl (C=O) groups excluding carboxylic acids is 1. The van der Waals surface area contributed by atoms with Crippen LogP contribution in [0.3, 0.4) is 0 Å². The number of aliphatic hydroxyl groups is 4. The number of carbonyl (C=O) groups is 1. The van der Waals surface area contributed by atoms with E-state index in [2.05, 4.69) is 8.37 Å². The van der Waals surface area contributed by atoms with Crippen LogP contribution in [0.15, 0.2) is 0 Å². The predicted octanol–water partition coefficient (Wildman–Crippen LogP) is -5.19. The van der Waals surface area contributed by atoms with Gasteiger partial charge in [0.15, 0.2) is 0 Å². The van der Waals surface area contributed by atoms with Crippen LogP contribution in [0.25, 0.3) is 0 Å². The molecule has 2 aliphatic heterocycles. The summed E-state index contributed by atoms with van der Waals surface area (Å²) in [6.07, 6.45) is -5.70. The standard InChI is InChI=1S/C8H14N2O10S/c9-1-4(12)10-7-6(14)5(13)3(2-11)18-8(7,15)20-21(16,17)19-7/h3,5-6,11,13-15H,1-2,9H2,(H,10,12)/t3-,5+,6-,7-,8?/m1/s1. The molecule has 0 aromatic heterocycles. The van der Waals surface area contributed by atoms with Crippen LogP contribution in [0.4, 0.5) is 0 Å². The third-order valence-electron chi connectivity index (χ3n) is 3.04. The molecule has 1 amide bonds. The summed E-state index contributed by atoms with van der Waals surface area (Å²) in [6, 6.07) is 0. The van der Waals surface area contributed by atoms with Gasteiger partial charge in [-0.3, -0.25) is 4.79 Å². The zero-order valence-corrected chi connectivity index (χ0v) is 11.2. The zero-order chi connectivity index (χ0) is 16.1. The third kappa shape index (κ3) is 2.41. The van der Waals surface area contributed by atoms with E-state index < -0.39 is 59.5 Å². The zero-order valence-electron chi connectivity index (χ0n) is 10.4. The largest absolute Gasteiger partial charge is 0.407 e. The van der Waals surface area contributed by atoms with Crippen molar-refractivity contribution in [3.05, 3.63) is 0 Å². The van der Waals surface area contributed by atoms with E-state index in [1.165, 1.54) is 0 Å². The minimum Gasteiger partial charge on any atom is -0.394 e. The van der Waals surface area contributed by atoms with Crippen LogP contribution in [-0.2, 0) is 28.3 Å². The van der Waals surface area contributed by atoms with Crippen molar-refractivity contribution >= 4 is 16.3 Å². The van der Waals surface area contributed by atoms with Gasteiger partial charge in [0.1, 0.15) is 18.3 Å². The highest BCUT2D eigenvalue weighted by molar-refractivity contribution is 7.82. The smallest absolute Gasteiger partial charge is 0.394 e. The fourth-order valence-corrected chi connectivity index (χ4v) is 3.11. The molecule has 0 radical (unpaired) electrons. The van der Waals surface area contributed by atoms with Crippen LogP contribution < -0.4 is 11.1 Å². The molecule has 1 unspecified atom stereocenters. The molecule has 2 heterocycles. The number of amides is 1. The Morgan fingerprint density at radius 3 is 2.48 bits per heavy atom. The SMILES string of the molecule is NCC(=O)N[C@]12OS(=O)(=O)OC1(O)O[C@H](CO)[C@H](O)[C@H]2O. The molecule has 12 nitrogen and oxygen atoms in total. The minimum absolute atomic E-state index is 0.645. The Morgan fingerprint density at radius 1 is 1.33 bits per heavy atom. The summed E-state index contributed by atoms with van der Waals surface area (Å²) in [7, 11) is -4.87. The van der Waals surface area contributed by atoms with E-state index in [9.17, 15) is 28.5 Å². The van der Waals surface area contributed by atoms with Gasteiger partial charge in [-0.05, 0) is 0 Å². The number of aliphatic hydroxyl groups excluding tert-OH is 3. The first kappa shape index (κ1) is 16.5. The maximum atomic E-state index is 11.4. The highest BCUT2D eigenvalue weighted by atomic mass is 32.3. The lowest BCUT2D eigenvalue weighted by Gasteiger charge is -2.47. The van der Waals surface area contributed by atoms with Gasteiger partial charge in [0.25, 0.3) is 5.72 Å². The van der Waals surface area contributed by atoms with E-state index in [1.807, 2.05) is 5.32 Å². The van der Waals surface area contributed by atoms with Crippen LogP contribution in [0.2, 0.25) is 0 Å². The molecule has 21 heavy (non-hydrogen) atoms. The van der Waals surface area contributed by atoms with E-state index in [0.717, 1.165) is 0 Å². The molecule has 0 spiro atoms. The van der Waals surface area contributed by atoms with Gasteiger partial charge >= 0.3 is 16.4 Å². The molecule has 7 N–H and O–H groups in total. The van der Waals surface area contributed by atoms with Gasteiger partial charge in [0.2, 0.25) is 5.91 Å². The molecule has 0 aromatic rings. The number of fused-ring (bicyclic) bond motifs is 1. The molecule has 2 rings (SSSR count). The summed E-state index contributed by atoms with van der Waals surface area (Å²) >= 11 is 0. The van der Waals surface area contributed by atoms with Crippen molar-refractivity contribution in [2.24, 2.45) is 5.73 Å². The minimum atomic E-state index is -4.87. The third-order valence-corrected chi connectivity index (χ3v) is 3.94. The van der Waals surface area contributed by atoms with Crippen molar-refractivity contribution in [1.82, 2.24) is 5.32 Å². The Morgan fingerprint density at radius 2 is 1.95 bits per heavy atom. The highest BCUT2D eigenvalue weighted by Gasteiger charge is 2.75. The van der Waals surface area contributed by atoms with Gasteiger partial charge in [-0.15, -0.1) is 0 Å². The van der Waals surface area contributed by atoms with E-state index >= 15 is 0 Å². The van der Waals surface area contributed by atoms with Crippen molar-refractivity contribution in [2.45, 2.75) is 30.0 Å². The lowest BCUT2D eigenvalue weighted by atomic mass is 9.91. The first-order valence-corrected chi connectivity index (χ1v) is 6.98. The van der Waals surface area contributed by atoms with E-state index in [-0.39, 0.29) is 0 Å². The summed E-state index contributed by atoms with van der Waals surface area (Å²) in [6.45, 7) is -1.53. The molecule has 2 saturated heterocycles. The van der Waals surface area contributed by atoms with Gasteiger partial charge in [0, 0.05) is 0 Å². The highest BCUT2D eigenvalue weighted by Crippen LogP contribution is 2.45. The Kier molecular flexibility index (Phi) is 3.98. The molecular formula is C8H14N2O10S. The lowest BCUT2D eigenvalue weighted by molar-refractivity contribution is -0.433. The second-order valence-electron chi connectivity index (χ2n) is 4.42. The van der Waals surface area contributed by atoms with Crippen molar-refractivity contribution < 1.29 is 46.7 Å². The maximum absolute atomic E-state index is 11.4. The summed E-state index contributed by atoms with van der Waals surface area (Å²) < 4.78 is 36.1. The molecule has 0 saturated carbocycles. The average Bonchev–Trinajstić information content (AvgIpc) is 2.60. The van der Waals surface area contributed by atoms with Gasteiger partial charge in [0.05, 0.1) is 13.2 Å². The van der Waals surface area contributed by atoms with Crippen molar-refractivity contribution in [2.75, 3.05) is 13.2 Å². The van der Waals surface area contributed by atoms with E-state index in [1.54, 1.807) is 0 Å². The first-order valence-electron chi connectivity index (χ1n) is 5.65. The van der Waals surface area contributed by atoms with Crippen LogP contribution >= 0.6 is 0 Å². The average molecular weight is 330 g/mol. The molecule has 2 fully saturated rings. The monoisotopic (exact) mass is 330 g/mol. The lowest BCUT2D eigenvalue weighted by Crippen LogP contribution is -2.78. The molecule has 0 bridgehead atoms. The Balaban J connectivity index is 2.51. The number of ether oxygens (including phenoxy) is 1. The Hall–Kier alpha value is -0.900. The second kappa shape index (κ2) is 5.08. The quantitative estimate of drug-likeness (QED) is 0.289. The predicted molar refractivity (Wildman–Crippen MR) is 59.9 cm³/mol. The van der Waals surface area contributed by atoms with Crippen LogP contribution in [0.5, 0.6) is 0 Å². The number of nitrogens with one attached hydrogen (secondary N) is 1. The Labute approximate surface area is 118 Å². The van der Waals surface area contributed by atoms with Crippen molar-refractivity contribution in [3.8, 4) is 0 Å². The van der Waals surface area contributed by atoms with Gasteiger partial charge in [-0.2, -0.15) is 12.6 Å². The first-order chi connectivity index (χ1) is 9.61.